The Morgan fingerprint density at radius 2 is 2.00 bits per heavy atom. The number of ether oxygens (including phenoxy) is 1. The second-order valence-electron chi connectivity index (χ2n) is 4.15. The first-order valence-electron chi connectivity index (χ1n) is 4.71. The molecule has 1 heterocycles. The number of hydrogen-bond donors (Lipinski definition) is 0. The van der Waals surface area contributed by atoms with E-state index < -0.39 is 0 Å². The summed E-state index contributed by atoms with van der Waals surface area (Å²) in [5, 5.41) is 0. The van der Waals surface area contributed by atoms with Gasteiger partial charge in [-0.25, -0.2) is 0 Å². The van der Waals surface area contributed by atoms with Crippen molar-refractivity contribution in [2.75, 3.05) is 6.61 Å². The smallest absolute Gasteiger partial charge is 0.0809 e. The Bertz CT molecular complexity index is 257. The van der Waals surface area contributed by atoms with Crippen molar-refractivity contribution < 1.29 is 4.74 Å². The molecule has 0 bridgehead atoms. The monoisotopic (exact) mass is 198 g/mol. The van der Waals surface area contributed by atoms with Gasteiger partial charge in [0.25, 0.3) is 0 Å². The van der Waals surface area contributed by atoms with Crippen molar-refractivity contribution in [1.82, 2.24) is 0 Å². The van der Waals surface area contributed by atoms with Crippen molar-refractivity contribution in [2.45, 2.75) is 39.7 Å². The normalized spacial score (nSPS) is 12.0. The van der Waals surface area contributed by atoms with E-state index in [-0.39, 0.29) is 5.41 Å². The molecule has 13 heavy (non-hydrogen) atoms. The molecule has 0 atom stereocenters. The number of hydrogen-bond acceptors (Lipinski definition) is 2. The highest BCUT2D eigenvalue weighted by Gasteiger charge is 2.15. The standard InChI is InChI=1S/C11H18OS/c1-5-12-8-9-6-7-10(13-9)11(2,3)4/h6-7H,5,8H2,1-4H3. The first-order valence-corrected chi connectivity index (χ1v) is 5.52. The Morgan fingerprint density at radius 1 is 1.31 bits per heavy atom. The van der Waals surface area contributed by atoms with Crippen LogP contribution in [0.4, 0.5) is 0 Å². The van der Waals surface area contributed by atoms with E-state index in [4.69, 9.17) is 4.74 Å². The molecule has 1 aromatic heterocycles. The lowest BCUT2D eigenvalue weighted by Crippen LogP contribution is -2.07. The van der Waals surface area contributed by atoms with Gasteiger partial charge in [0.15, 0.2) is 0 Å². The van der Waals surface area contributed by atoms with Crippen molar-refractivity contribution in [3.63, 3.8) is 0 Å². The Balaban J connectivity index is 2.64. The summed E-state index contributed by atoms with van der Waals surface area (Å²) in [6.45, 7) is 10.3. The molecule has 0 radical (unpaired) electrons. The van der Waals surface area contributed by atoms with E-state index in [9.17, 15) is 0 Å². The molecule has 0 aromatic carbocycles. The predicted octanol–water partition coefficient (Wildman–Crippen LogP) is 3.58. The summed E-state index contributed by atoms with van der Waals surface area (Å²) in [5.41, 5.74) is 0.273. The fourth-order valence-electron chi connectivity index (χ4n) is 1.06. The second-order valence-corrected chi connectivity index (χ2v) is 5.32. The molecule has 0 aliphatic rings. The van der Waals surface area contributed by atoms with Crippen LogP contribution in [0.25, 0.3) is 0 Å². The fourth-order valence-corrected chi connectivity index (χ4v) is 2.06. The molecule has 0 unspecified atom stereocenters. The Labute approximate surface area is 84.7 Å². The summed E-state index contributed by atoms with van der Waals surface area (Å²) in [6.07, 6.45) is 0. The third-order valence-electron chi connectivity index (χ3n) is 1.85. The van der Waals surface area contributed by atoms with Gasteiger partial charge in [0.05, 0.1) is 6.61 Å². The van der Waals surface area contributed by atoms with Gasteiger partial charge < -0.3 is 4.74 Å². The summed E-state index contributed by atoms with van der Waals surface area (Å²) in [4.78, 5) is 2.76. The second kappa shape index (κ2) is 4.25. The minimum absolute atomic E-state index is 0.273. The van der Waals surface area contributed by atoms with Gasteiger partial charge >= 0.3 is 0 Å². The van der Waals surface area contributed by atoms with Crippen LogP contribution in [0.15, 0.2) is 12.1 Å². The van der Waals surface area contributed by atoms with E-state index in [0.717, 1.165) is 13.2 Å². The lowest BCUT2D eigenvalue weighted by atomic mass is 9.95. The molecule has 0 aliphatic heterocycles. The zero-order valence-electron chi connectivity index (χ0n) is 8.89. The molecule has 0 fully saturated rings. The van der Waals surface area contributed by atoms with Crippen molar-refractivity contribution >= 4 is 11.3 Å². The van der Waals surface area contributed by atoms with E-state index in [1.165, 1.54) is 9.75 Å². The van der Waals surface area contributed by atoms with Crippen molar-refractivity contribution in [3.05, 3.63) is 21.9 Å². The zero-order valence-corrected chi connectivity index (χ0v) is 9.70. The molecule has 0 amide bonds. The third kappa shape index (κ3) is 3.12. The number of rotatable bonds is 3. The fraction of sp³-hybridized carbons (Fsp3) is 0.636. The Hall–Kier alpha value is -0.340. The van der Waals surface area contributed by atoms with Crippen LogP contribution in [0.1, 0.15) is 37.4 Å². The summed E-state index contributed by atoms with van der Waals surface area (Å²) < 4.78 is 5.36. The van der Waals surface area contributed by atoms with E-state index in [1.54, 1.807) is 0 Å². The van der Waals surface area contributed by atoms with Crippen LogP contribution < -0.4 is 0 Å². The minimum Gasteiger partial charge on any atom is -0.376 e. The topological polar surface area (TPSA) is 9.23 Å². The van der Waals surface area contributed by atoms with E-state index in [0.29, 0.717) is 0 Å². The first-order chi connectivity index (χ1) is 6.04. The maximum Gasteiger partial charge on any atom is 0.0809 e. The van der Waals surface area contributed by atoms with E-state index in [2.05, 4.69) is 32.9 Å². The molecule has 2 heteroatoms. The van der Waals surface area contributed by atoms with Gasteiger partial charge in [-0.1, -0.05) is 20.8 Å². The van der Waals surface area contributed by atoms with Crippen LogP contribution in [0, 0.1) is 0 Å². The summed E-state index contributed by atoms with van der Waals surface area (Å²) >= 11 is 1.85. The SMILES string of the molecule is CCOCc1ccc(C(C)(C)C)s1. The highest BCUT2D eigenvalue weighted by molar-refractivity contribution is 7.12. The van der Waals surface area contributed by atoms with Crippen molar-refractivity contribution in [1.29, 1.82) is 0 Å². The number of thiophene rings is 1. The maximum atomic E-state index is 5.36. The predicted molar refractivity (Wildman–Crippen MR) is 58.3 cm³/mol. The minimum atomic E-state index is 0.273. The molecule has 0 spiro atoms. The average molecular weight is 198 g/mol. The molecule has 1 aromatic rings. The maximum absolute atomic E-state index is 5.36. The Kier molecular flexibility index (Phi) is 3.51. The zero-order chi connectivity index (χ0) is 9.90. The Morgan fingerprint density at radius 3 is 2.46 bits per heavy atom. The molecule has 0 aliphatic carbocycles. The summed E-state index contributed by atoms with van der Waals surface area (Å²) in [7, 11) is 0. The van der Waals surface area contributed by atoms with Gasteiger partial charge in [-0.2, -0.15) is 0 Å². The van der Waals surface area contributed by atoms with Gasteiger partial charge in [-0.3, -0.25) is 0 Å². The molecule has 1 rings (SSSR count). The molecule has 74 valence electrons. The third-order valence-corrected chi connectivity index (χ3v) is 3.33. The van der Waals surface area contributed by atoms with E-state index in [1.807, 2.05) is 18.3 Å². The van der Waals surface area contributed by atoms with Crippen molar-refractivity contribution in [3.8, 4) is 0 Å². The largest absolute Gasteiger partial charge is 0.376 e. The molecule has 0 saturated carbocycles. The summed E-state index contributed by atoms with van der Waals surface area (Å²) in [5.74, 6) is 0. The average Bonchev–Trinajstić information content (AvgIpc) is 2.47. The lowest BCUT2D eigenvalue weighted by Gasteiger charge is -2.15. The van der Waals surface area contributed by atoms with Gasteiger partial charge in [0.2, 0.25) is 0 Å². The van der Waals surface area contributed by atoms with Crippen LogP contribution in [-0.2, 0) is 16.8 Å². The van der Waals surface area contributed by atoms with Gasteiger partial charge in [0.1, 0.15) is 0 Å². The van der Waals surface area contributed by atoms with Crippen LogP contribution in [0.3, 0.4) is 0 Å². The van der Waals surface area contributed by atoms with Crippen LogP contribution in [0.5, 0.6) is 0 Å². The summed E-state index contributed by atoms with van der Waals surface area (Å²) in [6, 6.07) is 4.37. The lowest BCUT2D eigenvalue weighted by molar-refractivity contribution is 0.136. The van der Waals surface area contributed by atoms with Crippen LogP contribution in [0.2, 0.25) is 0 Å². The van der Waals surface area contributed by atoms with Crippen LogP contribution in [-0.4, -0.2) is 6.61 Å². The quantitative estimate of drug-likeness (QED) is 0.721. The highest BCUT2D eigenvalue weighted by atomic mass is 32.1. The van der Waals surface area contributed by atoms with Gasteiger partial charge in [-0.05, 0) is 24.5 Å². The van der Waals surface area contributed by atoms with Crippen molar-refractivity contribution in [2.24, 2.45) is 0 Å². The molecular formula is C11H18OS. The molecule has 1 nitrogen and oxygen atoms in total. The first kappa shape index (κ1) is 10.7. The highest BCUT2D eigenvalue weighted by Crippen LogP contribution is 2.29. The molecular weight excluding hydrogens is 180 g/mol. The van der Waals surface area contributed by atoms with Gasteiger partial charge in [0, 0.05) is 16.4 Å². The molecule has 0 N–H and O–H groups in total. The van der Waals surface area contributed by atoms with Crippen LogP contribution >= 0.6 is 11.3 Å². The van der Waals surface area contributed by atoms with Gasteiger partial charge in [-0.15, -0.1) is 11.3 Å². The van der Waals surface area contributed by atoms with E-state index >= 15 is 0 Å². The molecule has 0 saturated heterocycles.